The largest absolute Gasteiger partial charge is 0.493 e. The molecular weight excluding hydrogens is 356 g/mol. The molecule has 0 bridgehead atoms. The van der Waals surface area contributed by atoms with Crippen molar-refractivity contribution in [1.29, 1.82) is 0 Å². The van der Waals surface area contributed by atoms with Gasteiger partial charge in [-0.3, -0.25) is 4.79 Å². The summed E-state index contributed by atoms with van der Waals surface area (Å²) >= 11 is 9.61. The van der Waals surface area contributed by atoms with Crippen molar-refractivity contribution in [3.63, 3.8) is 0 Å². The highest BCUT2D eigenvalue weighted by Crippen LogP contribution is 2.35. The minimum absolute atomic E-state index is 0.173. The van der Waals surface area contributed by atoms with Gasteiger partial charge in [-0.25, -0.2) is 0 Å². The van der Waals surface area contributed by atoms with E-state index >= 15 is 0 Å². The lowest BCUT2D eigenvalue weighted by Gasteiger charge is -2.12. The zero-order valence-electron chi connectivity index (χ0n) is 11.9. The van der Waals surface area contributed by atoms with Gasteiger partial charge in [-0.15, -0.1) is 0 Å². The van der Waals surface area contributed by atoms with Crippen molar-refractivity contribution >= 4 is 33.3 Å². The van der Waals surface area contributed by atoms with E-state index in [1.165, 1.54) is 14.2 Å². The minimum atomic E-state index is -0.173. The third-order valence-corrected chi connectivity index (χ3v) is 4.06. The van der Waals surface area contributed by atoms with Crippen LogP contribution in [0.3, 0.4) is 0 Å². The molecule has 2 aromatic rings. The second-order valence-corrected chi connectivity index (χ2v) is 5.76. The van der Waals surface area contributed by atoms with Crippen LogP contribution in [0.4, 0.5) is 0 Å². The van der Waals surface area contributed by atoms with Crippen molar-refractivity contribution in [1.82, 2.24) is 0 Å². The maximum Gasteiger partial charge on any atom is 0.195 e. The number of hydrogen-bond donors (Lipinski definition) is 0. The van der Waals surface area contributed by atoms with E-state index in [4.69, 9.17) is 21.1 Å². The molecule has 0 spiro atoms. The number of carbonyl (C=O) groups is 1. The summed E-state index contributed by atoms with van der Waals surface area (Å²) in [6.45, 7) is 1.96. The van der Waals surface area contributed by atoms with E-state index in [1.807, 2.05) is 19.1 Å². The number of ether oxygens (including phenoxy) is 2. The Morgan fingerprint density at radius 1 is 1.05 bits per heavy atom. The Morgan fingerprint density at radius 2 is 1.67 bits per heavy atom. The van der Waals surface area contributed by atoms with Crippen LogP contribution < -0.4 is 9.47 Å². The predicted octanol–water partition coefficient (Wildman–Crippen LogP) is 4.66. The van der Waals surface area contributed by atoms with Crippen molar-refractivity contribution in [2.24, 2.45) is 0 Å². The van der Waals surface area contributed by atoms with Crippen LogP contribution in [0.1, 0.15) is 21.5 Å². The molecule has 0 N–H and O–H groups in total. The fraction of sp³-hybridized carbons (Fsp3) is 0.188. The van der Waals surface area contributed by atoms with Gasteiger partial charge in [0.2, 0.25) is 0 Å². The van der Waals surface area contributed by atoms with Crippen molar-refractivity contribution in [3.8, 4) is 11.5 Å². The molecule has 0 heterocycles. The van der Waals surface area contributed by atoms with Crippen LogP contribution in [0.25, 0.3) is 0 Å². The summed E-state index contributed by atoms with van der Waals surface area (Å²) in [7, 11) is 3.04. The Kier molecular flexibility index (Phi) is 4.91. The Morgan fingerprint density at radius 3 is 2.24 bits per heavy atom. The van der Waals surface area contributed by atoms with Crippen LogP contribution in [-0.4, -0.2) is 20.0 Å². The summed E-state index contributed by atoms with van der Waals surface area (Å²) < 4.78 is 11.1. The van der Waals surface area contributed by atoms with Gasteiger partial charge >= 0.3 is 0 Å². The summed E-state index contributed by atoms with van der Waals surface area (Å²) in [5.74, 6) is 0.781. The summed E-state index contributed by atoms with van der Waals surface area (Å²) in [4.78, 5) is 12.7. The first-order valence-electron chi connectivity index (χ1n) is 6.20. The van der Waals surface area contributed by atoms with Crippen LogP contribution in [-0.2, 0) is 0 Å². The predicted molar refractivity (Wildman–Crippen MR) is 86.9 cm³/mol. The normalized spacial score (nSPS) is 10.3. The standard InChI is InChI=1S/C16H14BrClO3/c1-9-4-5-10(12(17)6-9)16(19)11-7-14(20-2)15(21-3)8-13(11)18/h4-8H,1-3H3. The number of aryl methyl sites for hydroxylation is 1. The van der Waals surface area contributed by atoms with E-state index in [-0.39, 0.29) is 5.78 Å². The first kappa shape index (κ1) is 15.9. The van der Waals surface area contributed by atoms with Crippen LogP contribution >= 0.6 is 27.5 Å². The number of methoxy groups -OCH3 is 2. The molecule has 110 valence electrons. The molecule has 0 fully saturated rings. The molecule has 0 radical (unpaired) electrons. The maximum absolute atomic E-state index is 12.7. The van der Waals surface area contributed by atoms with Crippen LogP contribution in [0, 0.1) is 6.92 Å². The summed E-state index contributed by atoms with van der Waals surface area (Å²) in [6.07, 6.45) is 0. The number of benzene rings is 2. The maximum atomic E-state index is 12.7. The van der Waals surface area contributed by atoms with Gasteiger partial charge in [0, 0.05) is 21.7 Å². The molecule has 5 heteroatoms. The van der Waals surface area contributed by atoms with Gasteiger partial charge in [-0.05, 0) is 30.7 Å². The van der Waals surface area contributed by atoms with E-state index in [9.17, 15) is 4.79 Å². The lowest BCUT2D eigenvalue weighted by atomic mass is 10.0. The van der Waals surface area contributed by atoms with Crippen LogP contribution in [0.2, 0.25) is 5.02 Å². The number of carbonyl (C=O) groups excluding carboxylic acids is 1. The average Bonchev–Trinajstić information content (AvgIpc) is 2.46. The van der Waals surface area contributed by atoms with Crippen molar-refractivity contribution in [2.75, 3.05) is 14.2 Å². The van der Waals surface area contributed by atoms with Gasteiger partial charge in [0.1, 0.15) is 0 Å². The number of rotatable bonds is 4. The highest BCUT2D eigenvalue weighted by molar-refractivity contribution is 9.10. The van der Waals surface area contributed by atoms with Gasteiger partial charge < -0.3 is 9.47 Å². The highest BCUT2D eigenvalue weighted by Gasteiger charge is 2.19. The molecule has 21 heavy (non-hydrogen) atoms. The molecule has 0 aliphatic heterocycles. The lowest BCUT2D eigenvalue weighted by Crippen LogP contribution is -2.05. The van der Waals surface area contributed by atoms with Crippen LogP contribution in [0.5, 0.6) is 11.5 Å². The Labute approximate surface area is 137 Å². The third-order valence-electron chi connectivity index (χ3n) is 3.09. The highest BCUT2D eigenvalue weighted by atomic mass is 79.9. The van der Waals surface area contributed by atoms with E-state index in [0.717, 1.165) is 10.0 Å². The second kappa shape index (κ2) is 6.50. The Balaban J connectivity index is 2.53. The first-order chi connectivity index (χ1) is 9.97. The lowest BCUT2D eigenvalue weighted by molar-refractivity contribution is 0.103. The Hall–Kier alpha value is -1.52. The topological polar surface area (TPSA) is 35.5 Å². The quantitative estimate of drug-likeness (QED) is 0.735. The molecule has 2 rings (SSSR count). The molecule has 0 saturated carbocycles. The summed E-state index contributed by atoms with van der Waals surface area (Å²) in [5.41, 5.74) is 1.99. The monoisotopic (exact) mass is 368 g/mol. The van der Waals surface area contributed by atoms with Crippen molar-refractivity contribution < 1.29 is 14.3 Å². The molecule has 0 atom stereocenters. The van der Waals surface area contributed by atoms with Crippen LogP contribution in [0.15, 0.2) is 34.8 Å². The van der Waals surface area contributed by atoms with Gasteiger partial charge in [0.25, 0.3) is 0 Å². The molecule has 0 unspecified atom stereocenters. The fourth-order valence-corrected chi connectivity index (χ4v) is 2.89. The molecule has 0 amide bonds. The minimum Gasteiger partial charge on any atom is -0.493 e. The zero-order chi connectivity index (χ0) is 15.6. The van der Waals surface area contributed by atoms with Gasteiger partial charge in [0.05, 0.1) is 19.2 Å². The third kappa shape index (κ3) is 3.22. The van der Waals surface area contributed by atoms with E-state index < -0.39 is 0 Å². The van der Waals surface area contributed by atoms with E-state index in [0.29, 0.717) is 27.6 Å². The fourth-order valence-electron chi connectivity index (χ4n) is 1.98. The smallest absolute Gasteiger partial charge is 0.195 e. The van der Waals surface area contributed by atoms with Gasteiger partial charge in [0.15, 0.2) is 17.3 Å². The van der Waals surface area contributed by atoms with E-state index in [2.05, 4.69) is 15.9 Å². The Bertz CT molecular complexity index is 698. The SMILES string of the molecule is COc1cc(Cl)c(C(=O)c2ccc(C)cc2Br)cc1OC. The molecule has 3 nitrogen and oxygen atoms in total. The molecule has 0 aromatic heterocycles. The number of hydrogen-bond acceptors (Lipinski definition) is 3. The molecule has 0 aliphatic carbocycles. The van der Waals surface area contributed by atoms with Gasteiger partial charge in [-0.1, -0.05) is 33.6 Å². The zero-order valence-corrected chi connectivity index (χ0v) is 14.2. The first-order valence-corrected chi connectivity index (χ1v) is 7.37. The number of ketones is 1. The van der Waals surface area contributed by atoms with Crippen molar-refractivity contribution in [2.45, 2.75) is 6.92 Å². The van der Waals surface area contributed by atoms with Gasteiger partial charge in [-0.2, -0.15) is 0 Å². The number of halogens is 2. The average molecular weight is 370 g/mol. The molecule has 0 aliphatic rings. The molecule has 0 saturated heterocycles. The summed E-state index contributed by atoms with van der Waals surface area (Å²) in [5, 5.41) is 0.324. The molecule has 2 aromatic carbocycles. The van der Waals surface area contributed by atoms with Crippen molar-refractivity contribution in [3.05, 3.63) is 56.5 Å². The summed E-state index contributed by atoms with van der Waals surface area (Å²) in [6, 6.07) is 8.72. The second-order valence-electron chi connectivity index (χ2n) is 4.50. The molecular formula is C16H14BrClO3. The van der Waals surface area contributed by atoms with E-state index in [1.54, 1.807) is 18.2 Å².